The van der Waals surface area contributed by atoms with E-state index in [0.717, 1.165) is 14.9 Å². The van der Waals surface area contributed by atoms with Crippen LogP contribution in [0.1, 0.15) is 18.5 Å². The van der Waals surface area contributed by atoms with Crippen LogP contribution < -0.4 is 5.32 Å². The lowest BCUT2D eigenvalue weighted by Gasteiger charge is -2.15. The van der Waals surface area contributed by atoms with Gasteiger partial charge in [-0.2, -0.15) is 0 Å². The number of aromatic nitrogens is 1. The van der Waals surface area contributed by atoms with Crippen LogP contribution in [0.2, 0.25) is 0 Å². The minimum Gasteiger partial charge on any atom is -0.364 e. The number of halogens is 2. The molecule has 0 radical (unpaired) electrons. The zero-order valence-electron chi connectivity index (χ0n) is 9.32. The maximum absolute atomic E-state index is 4.35. The molecule has 0 amide bonds. The highest BCUT2D eigenvalue weighted by Crippen LogP contribution is 2.21. The van der Waals surface area contributed by atoms with Crippen LogP contribution in [0.5, 0.6) is 0 Å². The topological polar surface area (TPSA) is 24.9 Å². The molecule has 2 aromatic rings. The Bertz CT molecular complexity index is 514. The second-order valence-corrected chi connectivity index (χ2v) is 5.49. The molecule has 1 heterocycles. The Labute approximate surface area is 118 Å². The standard InChI is InChI=1S/C13H12Br2N2/c1-9(10-4-2-5-11(14)8-10)16-13-7-3-6-12(15)17-13/h2-9H,1H3,(H,16,17). The van der Waals surface area contributed by atoms with E-state index in [4.69, 9.17) is 0 Å². The second kappa shape index (κ2) is 5.65. The summed E-state index contributed by atoms with van der Waals surface area (Å²) in [5.74, 6) is 0.867. The number of anilines is 1. The van der Waals surface area contributed by atoms with E-state index in [0.29, 0.717) is 0 Å². The average Bonchev–Trinajstić information content (AvgIpc) is 2.29. The summed E-state index contributed by atoms with van der Waals surface area (Å²) in [6.45, 7) is 2.12. The first-order chi connectivity index (χ1) is 8.15. The molecule has 1 unspecified atom stereocenters. The van der Waals surface area contributed by atoms with Gasteiger partial charge in [-0.15, -0.1) is 0 Å². The Morgan fingerprint density at radius 2 is 1.88 bits per heavy atom. The molecule has 0 fully saturated rings. The first kappa shape index (κ1) is 12.6. The number of nitrogens with zero attached hydrogens (tertiary/aromatic N) is 1. The summed E-state index contributed by atoms with van der Waals surface area (Å²) in [6.07, 6.45) is 0. The van der Waals surface area contributed by atoms with Gasteiger partial charge in [-0.25, -0.2) is 4.98 Å². The lowest BCUT2D eigenvalue weighted by Crippen LogP contribution is -2.07. The van der Waals surface area contributed by atoms with Crippen molar-refractivity contribution in [3.63, 3.8) is 0 Å². The number of hydrogen-bond acceptors (Lipinski definition) is 2. The third-order valence-corrected chi connectivity index (χ3v) is 3.36. The summed E-state index contributed by atoms with van der Waals surface area (Å²) in [7, 11) is 0. The predicted octanol–water partition coefficient (Wildman–Crippen LogP) is 4.78. The lowest BCUT2D eigenvalue weighted by molar-refractivity contribution is 0.872. The Morgan fingerprint density at radius 1 is 1.12 bits per heavy atom. The van der Waals surface area contributed by atoms with Crippen LogP contribution in [0.15, 0.2) is 51.5 Å². The first-order valence-electron chi connectivity index (χ1n) is 5.30. The molecule has 2 nitrogen and oxygen atoms in total. The van der Waals surface area contributed by atoms with E-state index in [1.165, 1.54) is 5.56 Å². The Balaban J connectivity index is 2.14. The van der Waals surface area contributed by atoms with Gasteiger partial charge in [0.2, 0.25) is 0 Å². The van der Waals surface area contributed by atoms with Crippen molar-refractivity contribution >= 4 is 37.7 Å². The Morgan fingerprint density at radius 3 is 2.59 bits per heavy atom. The zero-order valence-corrected chi connectivity index (χ0v) is 12.5. The molecule has 0 aliphatic heterocycles. The lowest BCUT2D eigenvalue weighted by atomic mass is 10.1. The molecule has 0 aliphatic rings. The van der Waals surface area contributed by atoms with Crippen molar-refractivity contribution in [2.45, 2.75) is 13.0 Å². The van der Waals surface area contributed by atoms with E-state index in [1.807, 2.05) is 30.3 Å². The quantitative estimate of drug-likeness (QED) is 0.801. The molecule has 0 aliphatic carbocycles. The van der Waals surface area contributed by atoms with Gasteiger partial charge in [0.15, 0.2) is 0 Å². The summed E-state index contributed by atoms with van der Waals surface area (Å²) in [6, 6.07) is 14.3. The molecule has 2 rings (SSSR count). The minimum atomic E-state index is 0.217. The van der Waals surface area contributed by atoms with Crippen LogP contribution in [0.4, 0.5) is 5.82 Å². The van der Waals surface area contributed by atoms with E-state index in [2.05, 4.69) is 61.2 Å². The number of nitrogens with one attached hydrogen (secondary N) is 1. The highest BCUT2D eigenvalue weighted by Gasteiger charge is 2.06. The molecule has 4 heteroatoms. The summed E-state index contributed by atoms with van der Waals surface area (Å²) >= 11 is 6.84. The van der Waals surface area contributed by atoms with Gasteiger partial charge in [0, 0.05) is 10.5 Å². The van der Waals surface area contributed by atoms with E-state index in [-0.39, 0.29) is 6.04 Å². The van der Waals surface area contributed by atoms with Gasteiger partial charge in [-0.05, 0) is 52.7 Å². The van der Waals surface area contributed by atoms with Crippen molar-refractivity contribution in [3.05, 3.63) is 57.1 Å². The highest BCUT2D eigenvalue weighted by atomic mass is 79.9. The van der Waals surface area contributed by atoms with Crippen LogP contribution in [-0.2, 0) is 0 Å². The maximum atomic E-state index is 4.35. The molecular weight excluding hydrogens is 344 g/mol. The molecule has 0 saturated heterocycles. The van der Waals surface area contributed by atoms with E-state index in [1.54, 1.807) is 0 Å². The largest absolute Gasteiger partial charge is 0.364 e. The van der Waals surface area contributed by atoms with E-state index >= 15 is 0 Å². The molecule has 0 saturated carbocycles. The van der Waals surface area contributed by atoms with Crippen molar-refractivity contribution in [1.29, 1.82) is 0 Å². The number of rotatable bonds is 3. The fraction of sp³-hybridized carbons (Fsp3) is 0.154. The minimum absolute atomic E-state index is 0.217. The smallest absolute Gasteiger partial charge is 0.127 e. The van der Waals surface area contributed by atoms with Crippen molar-refractivity contribution < 1.29 is 0 Å². The molecule has 1 atom stereocenters. The average molecular weight is 356 g/mol. The number of hydrogen-bond donors (Lipinski definition) is 1. The summed E-state index contributed by atoms with van der Waals surface area (Å²) in [4.78, 5) is 4.35. The predicted molar refractivity (Wildman–Crippen MR) is 78.1 cm³/mol. The van der Waals surface area contributed by atoms with Crippen LogP contribution in [0, 0.1) is 0 Å². The van der Waals surface area contributed by atoms with Gasteiger partial charge < -0.3 is 5.32 Å². The van der Waals surface area contributed by atoms with E-state index < -0.39 is 0 Å². The van der Waals surface area contributed by atoms with Crippen LogP contribution in [0.25, 0.3) is 0 Å². The molecule has 0 spiro atoms. The first-order valence-corrected chi connectivity index (χ1v) is 6.88. The number of benzene rings is 1. The second-order valence-electron chi connectivity index (χ2n) is 3.77. The fourth-order valence-corrected chi connectivity index (χ4v) is 2.33. The molecule has 0 bridgehead atoms. The SMILES string of the molecule is CC(Nc1cccc(Br)n1)c1cccc(Br)c1. The van der Waals surface area contributed by atoms with Gasteiger partial charge in [0.25, 0.3) is 0 Å². The van der Waals surface area contributed by atoms with Gasteiger partial charge in [0.1, 0.15) is 10.4 Å². The highest BCUT2D eigenvalue weighted by molar-refractivity contribution is 9.10. The summed E-state index contributed by atoms with van der Waals surface area (Å²) in [5, 5.41) is 3.36. The monoisotopic (exact) mass is 354 g/mol. The van der Waals surface area contributed by atoms with Crippen molar-refractivity contribution in [2.75, 3.05) is 5.32 Å². The molecule has 17 heavy (non-hydrogen) atoms. The van der Waals surface area contributed by atoms with E-state index in [9.17, 15) is 0 Å². The van der Waals surface area contributed by atoms with Crippen LogP contribution in [0.3, 0.4) is 0 Å². The maximum Gasteiger partial charge on any atom is 0.127 e. The molecule has 1 aromatic heterocycles. The molecular formula is C13H12Br2N2. The summed E-state index contributed by atoms with van der Waals surface area (Å²) in [5.41, 5.74) is 1.22. The fourth-order valence-electron chi connectivity index (χ4n) is 1.57. The Kier molecular flexibility index (Phi) is 4.18. The normalized spacial score (nSPS) is 12.2. The Hall–Kier alpha value is -0.870. The molecule has 1 aromatic carbocycles. The third kappa shape index (κ3) is 3.54. The zero-order chi connectivity index (χ0) is 12.3. The van der Waals surface area contributed by atoms with Crippen LogP contribution >= 0.6 is 31.9 Å². The van der Waals surface area contributed by atoms with Gasteiger partial charge >= 0.3 is 0 Å². The van der Waals surface area contributed by atoms with Crippen molar-refractivity contribution in [2.24, 2.45) is 0 Å². The van der Waals surface area contributed by atoms with Gasteiger partial charge in [-0.3, -0.25) is 0 Å². The van der Waals surface area contributed by atoms with Crippen LogP contribution in [-0.4, -0.2) is 4.98 Å². The van der Waals surface area contributed by atoms with Gasteiger partial charge in [-0.1, -0.05) is 34.1 Å². The number of pyridine rings is 1. The molecule has 1 N–H and O–H groups in total. The van der Waals surface area contributed by atoms with Gasteiger partial charge in [0.05, 0.1) is 0 Å². The molecule has 88 valence electrons. The third-order valence-electron chi connectivity index (χ3n) is 2.43. The van der Waals surface area contributed by atoms with Crippen molar-refractivity contribution in [3.8, 4) is 0 Å². The van der Waals surface area contributed by atoms with Crippen molar-refractivity contribution in [1.82, 2.24) is 4.98 Å². The summed E-state index contributed by atoms with van der Waals surface area (Å²) < 4.78 is 1.93.